The van der Waals surface area contributed by atoms with Crippen molar-refractivity contribution < 1.29 is 4.92 Å². The highest BCUT2D eigenvalue weighted by atomic mass is 32.2. The maximum absolute atomic E-state index is 11.0. The van der Waals surface area contributed by atoms with E-state index in [-0.39, 0.29) is 10.6 Å². The van der Waals surface area contributed by atoms with E-state index in [2.05, 4.69) is 4.98 Å². The SMILES string of the molecule is O=[N+]([O-])c1ccccc1Sc1ncc2ccccn12. The Kier molecular flexibility index (Phi) is 2.92. The fraction of sp³-hybridized carbons (Fsp3) is 0. The summed E-state index contributed by atoms with van der Waals surface area (Å²) in [7, 11) is 0. The largest absolute Gasteiger partial charge is 0.295 e. The summed E-state index contributed by atoms with van der Waals surface area (Å²) in [6, 6.07) is 12.4. The van der Waals surface area contributed by atoms with Gasteiger partial charge in [0, 0.05) is 12.3 Å². The zero-order valence-electron chi connectivity index (χ0n) is 9.76. The predicted octanol–water partition coefficient (Wildman–Crippen LogP) is 3.39. The van der Waals surface area contributed by atoms with Crippen LogP contribution < -0.4 is 0 Å². The number of para-hydroxylation sites is 1. The Morgan fingerprint density at radius 2 is 1.95 bits per heavy atom. The van der Waals surface area contributed by atoms with E-state index in [4.69, 9.17) is 0 Å². The number of pyridine rings is 1. The second kappa shape index (κ2) is 4.74. The smallest absolute Gasteiger partial charge is 0.283 e. The molecule has 0 aliphatic carbocycles. The number of aromatic nitrogens is 2. The van der Waals surface area contributed by atoms with Gasteiger partial charge in [-0.15, -0.1) is 0 Å². The van der Waals surface area contributed by atoms with Crippen LogP contribution in [0.15, 0.2) is 64.9 Å². The molecule has 0 fully saturated rings. The van der Waals surface area contributed by atoms with Crippen molar-refractivity contribution in [3.63, 3.8) is 0 Å². The van der Waals surface area contributed by atoms with Crippen molar-refractivity contribution in [3.05, 3.63) is 65.0 Å². The first-order valence-corrected chi connectivity index (χ1v) is 6.41. The van der Waals surface area contributed by atoms with E-state index in [0.29, 0.717) is 10.1 Å². The molecule has 6 heteroatoms. The molecule has 0 aliphatic rings. The van der Waals surface area contributed by atoms with Gasteiger partial charge in [0.05, 0.1) is 21.5 Å². The number of benzene rings is 1. The van der Waals surface area contributed by atoms with Crippen LogP contribution in [0.2, 0.25) is 0 Å². The first-order chi connectivity index (χ1) is 9.25. The van der Waals surface area contributed by atoms with Crippen LogP contribution >= 0.6 is 11.8 Å². The van der Waals surface area contributed by atoms with Crippen molar-refractivity contribution >= 4 is 23.0 Å². The third kappa shape index (κ3) is 2.17. The van der Waals surface area contributed by atoms with Crippen molar-refractivity contribution in [1.82, 2.24) is 9.38 Å². The normalized spacial score (nSPS) is 10.7. The Labute approximate surface area is 113 Å². The van der Waals surface area contributed by atoms with Gasteiger partial charge in [-0.05, 0) is 30.0 Å². The van der Waals surface area contributed by atoms with Crippen LogP contribution in [0, 0.1) is 10.1 Å². The van der Waals surface area contributed by atoms with Crippen molar-refractivity contribution in [2.24, 2.45) is 0 Å². The molecule has 0 atom stereocenters. The zero-order chi connectivity index (χ0) is 13.2. The molecule has 0 saturated heterocycles. The number of hydrogen-bond donors (Lipinski definition) is 0. The second-order valence-corrected chi connectivity index (χ2v) is 4.87. The van der Waals surface area contributed by atoms with Gasteiger partial charge in [-0.3, -0.25) is 14.5 Å². The lowest BCUT2D eigenvalue weighted by molar-refractivity contribution is -0.387. The molecule has 0 radical (unpaired) electrons. The molecule has 1 aromatic carbocycles. The zero-order valence-corrected chi connectivity index (χ0v) is 10.6. The number of fused-ring (bicyclic) bond motifs is 1. The molecule has 0 N–H and O–H groups in total. The highest BCUT2D eigenvalue weighted by Crippen LogP contribution is 2.33. The van der Waals surface area contributed by atoms with Gasteiger partial charge in [-0.2, -0.15) is 0 Å². The van der Waals surface area contributed by atoms with Gasteiger partial charge in [-0.25, -0.2) is 4.98 Å². The third-order valence-corrected chi connectivity index (χ3v) is 3.72. The van der Waals surface area contributed by atoms with E-state index in [1.807, 2.05) is 28.8 Å². The average molecular weight is 271 g/mol. The van der Waals surface area contributed by atoms with E-state index in [1.165, 1.54) is 17.8 Å². The highest BCUT2D eigenvalue weighted by molar-refractivity contribution is 7.99. The summed E-state index contributed by atoms with van der Waals surface area (Å²) in [5.41, 5.74) is 1.06. The summed E-state index contributed by atoms with van der Waals surface area (Å²) in [5, 5.41) is 11.7. The molecule has 0 bridgehead atoms. The van der Waals surface area contributed by atoms with Gasteiger partial charge in [0.1, 0.15) is 0 Å². The highest BCUT2D eigenvalue weighted by Gasteiger charge is 2.15. The minimum atomic E-state index is -0.377. The molecule has 3 rings (SSSR count). The van der Waals surface area contributed by atoms with Crippen LogP contribution in [-0.4, -0.2) is 14.3 Å². The Morgan fingerprint density at radius 3 is 2.79 bits per heavy atom. The maximum Gasteiger partial charge on any atom is 0.283 e. The molecule has 0 unspecified atom stereocenters. The van der Waals surface area contributed by atoms with Crippen molar-refractivity contribution in [2.75, 3.05) is 0 Å². The number of nitro groups is 1. The van der Waals surface area contributed by atoms with Gasteiger partial charge in [-0.1, -0.05) is 18.2 Å². The van der Waals surface area contributed by atoms with Crippen LogP contribution in [0.5, 0.6) is 0 Å². The van der Waals surface area contributed by atoms with Crippen molar-refractivity contribution in [3.8, 4) is 0 Å². The molecule has 5 nitrogen and oxygen atoms in total. The number of rotatable bonds is 3. The summed E-state index contributed by atoms with van der Waals surface area (Å²) < 4.78 is 1.90. The quantitative estimate of drug-likeness (QED) is 0.541. The van der Waals surface area contributed by atoms with Crippen LogP contribution in [0.3, 0.4) is 0 Å². The molecule has 2 aromatic heterocycles. The first kappa shape index (κ1) is 11.7. The number of imidazole rings is 1. The number of nitro benzene ring substituents is 1. The Balaban J connectivity index is 2.04. The van der Waals surface area contributed by atoms with E-state index >= 15 is 0 Å². The fourth-order valence-electron chi connectivity index (χ4n) is 1.79. The Bertz CT molecular complexity index is 754. The minimum Gasteiger partial charge on any atom is -0.295 e. The molecular weight excluding hydrogens is 262 g/mol. The van der Waals surface area contributed by atoms with Crippen LogP contribution in [0.25, 0.3) is 5.52 Å². The van der Waals surface area contributed by atoms with E-state index in [9.17, 15) is 10.1 Å². The molecule has 3 aromatic rings. The summed E-state index contributed by atoms with van der Waals surface area (Å²) in [6.07, 6.45) is 3.64. The fourth-order valence-corrected chi connectivity index (χ4v) is 2.75. The maximum atomic E-state index is 11.0. The van der Waals surface area contributed by atoms with Gasteiger partial charge in [0.2, 0.25) is 0 Å². The Hall–Kier alpha value is -2.34. The Morgan fingerprint density at radius 1 is 1.16 bits per heavy atom. The van der Waals surface area contributed by atoms with E-state index < -0.39 is 0 Å². The summed E-state index contributed by atoms with van der Waals surface area (Å²) in [5.74, 6) is 0. The molecule has 2 heterocycles. The average Bonchev–Trinajstić information content (AvgIpc) is 2.83. The summed E-state index contributed by atoms with van der Waals surface area (Å²) >= 11 is 1.29. The van der Waals surface area contributed by atoms with E-state index in [0.717, 1.165) is 5.52 Å². The molecular formula is C13H9N3O2S. The molecule has 0 saturated carbocycles. The predicted molar refractivity (Wildman–Crippen MR) is 72.4 cm³/mol. The molecule has 0 aliphatic heterocycles. The topological polar surface area (TPSA) is 60.4 Å². The standard InChI is InChI=1S/C13H9N3O2S/c17-16(18)11-6-1-2-7-12(11)19-13-14-9-10-5-3-4-8-15(10)13/h1-9H. The lowest BCUT2D eigenvalue weighted by atomic mass is 10.3. The number of nitrogens with zero attached hydrogens (tertiary/aromatic N) is 3. The van der Waals surface area contributed by atoms with Crippen molar-refractivity contribution in [1.29, 1.82) is 0 Å². The molecule has 94 valence electrons. The number of hydrogen-bond acceptors (Lipinski definition) is 4. The first-order valence-electron chi connectivity index (χ1n) is 5.59. The molecule has 19 heavy (non-hydrogen) atoms. The lowest BCUT2D eigenvalue weighted by Gasteiger charge is -2.02. The van der Waals surface area contributed by atoms with Gasteiger partial charge in [0.15, 0.2) is 5.16 Å². The monoisotopic (exact) mass is 271 g/mol. The van der Waals surface area contributed by atoms with Crippen LogP contribution in [-0.2, 0) is 0 Å². The van der Waals surface area contributed by atoms with Crippen LogP contribution in [0.4, 0.5) is 5.69 Å². The minimum absolute atomic E-state index is 0.0974. The summed E-state index contributed by atoms with van der Waals surface area (Å²) in [6.45, 7) is 0. The third-order valence-electron chi connectivity index (χ3n) is 2.67. The lowest BCUT2D eigenvalue weighted by Crippen LogP contribution is -1.91. The van der Waals surface area contributed by atoms with Gasteiger partial charge < -0.3 is 0 Å². The molecule has 0 spiro atoms. The van der Waals surface area contributed by atoms with Gasteiger partial charge in [0.25, 0.3) is 5.69 Å². The van der Waals surface area contributed by atoms with Crippen LogP contribution in [0.1, 0.15) is 0 Å². The summed E-state index contributed by atoms with van der Waals surface area (Å²) in [4.78, 5) is 15.5. The molecule has 0 amide bonds. The van der Waals surface area contributed by atoms with Crippen molar-refractivity contribution in [2.45, 2.75) is 10.1 Å². The van der Waals surface area contributed by atoms with Gasteiger partial charge >= 0.3 is 0 Å². The van der Waals surface area contributed by atoms with E-state index in [1.54, 1.807) is 24.4 Å². The second-order valence-electron chi connectivity index (χ2n) is 3.86.